The summed E-state index contributed by atoms with van der Waals surface area (Å²) in [5.41, 5.74) is 2.61. The van der Waals surface area contributed by atoms with E-state index in [0.29, 0.717) is 0 Å². The molecule has 0 atom stereocenters. The van der Waals surface area contributed by atoms with E-state index in [2.05, 4.69) is 32.2 Å². The van der Waals surface area contributed by atoms with Crippen LogP contribution in [0.1, 0.15) is 24.0 Å². The summed E-state index contributed by atoms with van der Waals surface area (Å²) >= 11 is 0. The van der Waals surface area contributed by atoms with Crippen molar-refractivity contribution in [3.63, 3.8) is 0 Å². The van der Waals surface area contributed by atoms with Gasteiger partial charge >= 0.3 is 0 Å². The lowest BCUT2D eigenvalue weighted by Crippen LogP contribution is -2.44. The molecule has 28 heavy (non-hydrogen) atoms. The highest BCUT2D eigenvalue weighted by Gasteiger charge is 2.21. The first kappa shape index (κ1) is 20.7. The predicted octanol–water partition coefficient (Wildman–Crippen LogP) is 1.75. The monoisotopic (exact) mass is 390 g/mol. The Balaban J connectivity index is 1.47. The molecular formula is C21H34N4O3. The second-order valence-corrected chi connectivity index (χ2v) is 7.28. The Morgan fingerprint density at radius 1 is 1.07 bits per heavy atom. The Morgan fingerprint density at radius 3 is 2.46 bits per heavy atom. The Labute approximate surface area is 168 Å². The average Bonchev–Trinajstić information content (AvgIpc) is 2.75. The first-order valence-electron chi connectivity index (χ1n) is 10.2. The molecule has 1 aromatic rings. The van der Waals surface area contributed by atoms with Crippen LogP contribution >= 0.6 is 0 Å². The van der Waals surface area contributed by atoms with E-state index in [-0.39, 0.29) is 0 Å². The summed E-state index contributed by atoms with van der Waals surface area (Å²) in [5, 5.41) is 3.54. The third-order valence-corrected chi connectivity index (χ3v) is 5.52. The summed E-state index contributed by atoms with van der Waals surface area (Å²) in [6, 6.07) is 4.20. The quantitative estimate of drug-likeness (QED) is 0.435. The van der Waals surface area contributed by atoms with Gasteiger partial charge in [0.1, 0.15) is 0 Å². The van der Waals surface area contributed by atoms with E-state index in [0.717, 1.165) is 82.8 Å². The highest BCUT2D eigenvalue weighted by atomic mass is 16.5. The number of nitrogens with zero attached hydrogens (tertiary/aromatic N) is 3. The zero-order chi connectivity index (χ0) is 19.8. The molecule has 0 aromatic heterocycles. The van der Waals surface area contributed by atoms with Crippen molar-refractivity contribution < 1.29 is 14.2 Å². The minimum Gasteiger partial charge on any atom is -0.493 e. The lowest BCUT2D eigenvalue weighted by molar-refractivity contribution is 0.0372. The number of morpholine rings is 1. The lowest BCUT2D eigenvalue weighted by Gasteiger charge is -2.32. The Morgan fingerprint density at radius 2 is 1.79 bits per heavy atom. The molecule has 0 bridgehead atoms. The molecule has 0 unspecified atom stereocenters. The predicted molar refractivity (Wildman–Crippen MR) is 112 cm³/mol. The SMILES string of the molecule is CN=C(NCCCCN1CCOCC1)N1CCc2cc(OC)c(OC)cc2C1. The number of ether oxygens (including phenoxy) is 3. The van der Waals surface area contributed by atoms with Crippen molar-refractivity contribution in [3.05, 3.63) is 23.3 Å². The molecule has 0 radical (unpaired) electrons. The number of aliphatic imine (C=N–C) groups is 1. The normalized spacial score (nSPS) is 18.0. The number of fused-ring (bicyclic) bond motifs is 1. The van der Waals surface area contributed by atoms with Crippen LogP contribution in [-0.2, 0) is 17.7 Å². The van der Waals surface area contributed by atoms with Crippen LogP contribution in [0.15, 0.2) is 17.1 Å². The summed E-state index contributed by atoms with van der Waals surface area (Å²) in [4.78, 5) is 9.30. The summed E-state index contributed by atoms with van der Waals surface area (Å²) in [6.07, 6.45) is 3.32. The number of hydrogen-bond acceptors (Lipinski definition) is 5. The van der Waals surface area contributed by atoms with E-state index in [9.17, 15) is 0 Å². The first-order valence-corrected chi connectivity index (χ1v) is 10.2. The fourth-order valence-electron chi connectivity index (χ4n) is 3.88. The molecule has 1 fully saturated rings. The summed E-state index contributed by atoms with van der Waals surface area (Å²) in [5.74, 6) is 2.57. The van der Waals surface area contributed by atoms with Crippen LogP contribution < -0.4 is 14.8 Å². The number of methoxy groups -OCH3 is 2. The van der Waals surface area contributed by atoms with Gasteiger partial charge in [-0.25, -0.2) is 0 Å². The second kappa shape index (κ2) is 10.5. The largest absolute Gasteiger partial charge is 0.493 e. The zero-order valence-electron chi connectivity index (χ0n) is 17.5. The molecule has 7 heteroatoms. The van der Waals surface area contributed by atoms with Gasteiger partial charge in [0.25, 0.3) is 0 Å². The number of hydrogen-bond donors (Lipinski definition) is 1. The number of unbranched alkanes of at least 4 members (excludes halogenated alkanes) is 1. The lowest BCUT2D eigenvalue weighted by atomic mass is 9.99. The van der Waals surface area contributed by atoms with Crippen molar-refractivity contribution in [2.45, 2.75) is 25.8 Å². The molecule has 3 rings (SSSR count). The van der Waals surface area contributed by atoms with Gasteiger partial charge in [0, 0.05) is 39.8 Å². The second-order valence-electron chi connectivity index (χ2n) is 7.28. The van der Waals surface area contributed by atoms with Crippen LogP contribution in [0.3, 0.4) is 0 Å². The molecular weight excluding hydrogens is 356 g/mol. The summed E-state index contributed by atoms with van der Waals surface area (Å²) < 4.78 is 16.3. The van der Waals surface area contributed by atoms with Crippen molar-refractivity contribution in [2.24, 2.45) is 4.99 Å². The van der Waals surface area contributed by atoms with Crippen molar-refractivity contribution in [1.29, 1.82) is 0 Å². The van der Waals surface area contributed by atoms with Crippen LogP contribution in [0.5, 0.6) is 11.5 Å². The molecule has 2 heterocycles. The van der Waals surface area contributed by atoms with Gasteiger partial charge in [0.05, 0.1) is 27.4 Å². The Hall–Kier alpha value is -1.99. The van der Waals surface area contributed by atoms with Crippen LogP contribution in [0, 0.1) is 0 Å². The van der Waals surface area contributed by atoms with Crippen molar-refractivity contribution >= 4 is 5.96 Å². The van der Waals surface area contributed by atoms with E-state index in [1.807, 2.05) is 7.05 Å². The molecule has 2 aliphatic heterocycles. The van der Waals surface area contributed by atoms with Crippen LogP contribution in [0.4, 0.5) is 0 Å². The third-order valence-electron chi connectivity index (χ3n) is 5.52. The minimum absolute atomic E-state index is 0.786. The smallest absolute Gasteiger partial charge is 0.193 e. The molecule has 1 aromatic carbocycles. The maximum atomic E-state index is 5.46. The first-order chi connectivity index (χ1) is 13.7. The molecule has 1 saturated heterocycles. The summed E-state index contributed by atoms with van der Waals surface area (Å²) in [6.45, 7) is 7.77. The van der Waals surface area contributed by atoms with Crippen LogP contribution in [0.25, 0.3) is 0 Å². The van der Waals surface area contributed by atoms with Gasteiger partial charge in [0.2, 0.25) is 0 Å². The molecule has 0 saturated carbocycles. The standard InChI is InChI=1S/C21H34N4O3/c1-22-21(23-7-4-5-8-24-10-12-28-13-11-24)25-9-6-17-14-19(26-2)20(27-3)15-18(17)16-25/h14-15H,4-13,16H2,1-3H3,(H,22,23). The van der Waals surface area contributed by atoms with Gasteiger partial charge < -0.3 is 24.4 Å². The Bertz CT molecular complexity index is 659. The highest BCUT2D eigenvalue weighted by molar-refractivity contribution is 5.80. The molecule has 1 N–H and O–H groups in total. The van der Waals surface area contributed by atoms with Crippen molar-refractivity contribution in [3.8, 4) is 11.5 Å². The maximum Gasteiger partial charge on any atom is 0.193 e. The van der Waals surface area contributed by atoms with Crippen molar-refractivity contribution in [2.75, 3.05) is 67.2 Å². The topological polar surface area (TPSA) is 58.6 Å². The van der Waals surface area contributed by atoms with Crippen molar-refractivity contribution in [1.82, 2.24) is 15.1 Å². The fourth-order valence-corrected chi connectivity index (χ4v) is 3.88. The molecule has 0 aliphatic carbocycles. The molecule has 0 spiro atoms. The number of nitrogens with one attached hydrogen (secondary N) is 1. The van der Waals surface area contributed by atoms with E-state index < -0.39 is 0 Å². The zero-order valence-corrected chi connectivity index (χ0v) is 17.5. The highest BCUT2D eigenvalue weighted by Crippen LogP contribution is 2.33. The minimum atomic E-state index is 0.786. The number of benzene rings is 1. The van der Waals surface area contributed by atoms with Gasteiger partial charge in [0.15, 0.2) is 17.5 Å². The van der Waals surface area contributed by atoms with Crippen LogP contribution in [0.2, 0.25) is 0 Å². The van der Waals surface area contributed by atoms with E-state index in [4.69, 9.17) is 14.2 Å². The van der Waals surface area contributed by atoms with E-state index in [1.54, 1.807) is 14.2 Å². The number of rotatable bonds is 7. The van der Waals surface area contributed by atoms with Crippen LogP contribution in [-0.4, -0.2) is 83.0 Å². The molecule has 0 amide bonds. The number of guanidine groups is 1. The molecule has 2 aliphatic rings. The maximum absolute atomic E-state index is 5.46. The Kier molecular flexibility index (Phi) is 7.80. The fraction of sp³-hybridized carbons (Fsp3) is 0.667. The molecule has 156 valence electrons. The summed E-state index contributed by atoms with van der Waals surface area (Å²) in [7, 11) is 5.23. The van der Waals surface area contributed by atoms with E-state index in [1.165, 1.54) is 17.5 Å². The van der Waals surface area contributed by atoms with E-state index >= 15 is 0 Å². The molecule has 7 nitrogen and oxygen atoms in total. The van der Waals surface area contributed by atoms with Gasteiger partial charge in [-0.05, 0) is 49.1 Å². The van der Waals surface area contributed by atoms with Gasteiger partial charge in [-0.2, -0.15) is 0 Å². The van der Waals surface area contributed by atoms with Gasteiger partial charge in [-0.15, -0.1) is 0 Å². The average molecular weight is 391 g/mol. The van der Waals surface area contributed by atoms with Gasteiger partial charge in [-0.1, -0.05) is 0 Å². The van der Waals surface area contributed by atoms with Gasteiger partial charge in [-0.3, -0.25) is 9.89 Å². The third kappa shape index (κ3) is 5.29.